The molecule has 2 heterocycles. The summed E-state index contributed by atoms with van der Waals surface area (Å²) < 4.78 is 41.4. The van der Waals surface area contributed by atoms with Gasteiger partial charge >= 0.3 is 6.36 Å². The van der Waals surface area contributed by atoms with Crippen molar-refractivity contribution in [3.63, 3.8) is 0 Å². The van der Waals surface area contributed by atoms with E-state index < -0.39 is 6.36 Å². The molecular formula is C21H25F3N6OS. The number of anilines is 2. The van der Waals surface area contributed by atoms with Gasteiger partial charge in [-0.2, -0.15) is 4.99 Å². The van der Waals surface area contributed by atoms with Gasteiger partial charge in [0.05, 0.1) is 0 Å². The summed E-state index contributed by atoms with van der Waals surface area (Å²) in [6.07, 6.45) is -2.64. The van der Waals surface area contributed by atoms with Gasteiger partial charge in [-0.1, -0.05) is 13.0 Å². The molecule has 172 valence electrons. The van der Waals surface area contributed by atoms with Crippen LogP contribution in [0.4, 0.5) is 24.8 Å². The summed E-state index contributed by atoms with van der Waals surface area (Å²) in [6, 6.07) is 7.30. The maximum Gasteiger partial charge on any atom is 0.573 e. The standard InChI is InChI=1S/C21H25F3N6OS/c1-13-6-5-9-30(12-13)19(28-18-25-14(2)10-15(3)26-18)29-20(32)27-16-7-4-8-17(11-16)31-21(22,23)24/h4,7-8,10-11,13H,5-6,9,12H2,1-3H3,(H2,25,26,27,28,29,32). The fraction of sp³-hybridized carbons (Fsp3) is 0.429. The topological polar surface area (TPSA) is 74.7 Å². The Hall–Kier alpha value is -2.95. The molecule has 1 unspecified atom stereocenters. The molecule has 3 rings (SSSR count). The Morgan fingerprint density at radius 2 is 1.91 bits per heavy atom. The van der Waals surface area contributed by atoms with Crippen LogP contribution in [0.5, 0.6) is 5.75 Å². The van der Waals surface area contributed by atoms with Crippen LogP contribution in [0.1, 0.15) is 31.2 Å². The summed E-state index contributed by atoms with van der Waals surface area (Å²) in [6.45, 7) is 7.50. The molecule has 1 aliphatic rings. The number of guanidine groups is 1. The van der Waals surface area contributed by atoms with Crippen LogP contribution in [0.3, 0.4) is 0 Å². The van der Waals surface area contributed by atoms with Crippen molar-refractivity contribution in [3.8, 4) is 5.75 Å². The average Bonchev–Trinajstić information content (AvgIpc) is 2.65. The highest BCUT2D eigenvalue weighted by molar-refractivity contribution is 7.80. The van der Waals surface area contributed by atoms with Crippen LogP contribution >= 0.6 is 12.2 Å². The summed E-state index contributed by atoms with van der Waals surface area (Å²) in [5, 5.41) is 6.09. The number of halogens is 3. The summed E-state index contributed by atoms with van der Waals surface area (Å²) in [5.41, 5.74) is 1.96. The van der Waals surface area contributed by atoms with Crippen LogP contribution in [-0.4, -0.2) is 45.4 Å². The average molecular weight is 467 g/mol. The Morgan fingerprint density at radius 3 is 2.56 bits per heavy atom. The van der Waals surface area contributed by atoms with Gasteiger partial charge in [-0.25, -0.2) is 9.97 Å². The van der Waals surface area contributed by atoms with Gasteiger partial charge in [0.2, 0.25) is 17.0 Å². The minimum absolute atomic E-state index is 0.0826. The monoisotopic (exact) mass is 466 g/mol. The summed E-state index contributed by atoms with van der Waals surface area (Å²) in [7, 11) is 0. The van der Waals surface area contributed by atoms with Gasteiger partial charge < -0.3 is 15.0 Å². The lowest BCUT2D eigenvalue weighted by atomic mass is 10.0. The van der Waals surface area contributed by atoms with Crippen molar-refractivity contribution in [2.75, 3.05) is 23.7 Å². The Bertz CT molecular complexity index is 977. The first-order valence-corrected chi connectivity index (χ1v) is 10.6. The van der Waals surface area contributed by atoms with E-state index in [2.05, 4.69) is 42.2 Å². The second kappa shape index (κ2) is 10.1. The lowest BCUT2D eigenvalue weighted by Crippen LogP contribution is -2.43. The molecule has 32 heavy (non-hydrogen) atoms. The molecule has 0 radical (unpaired) electrons. The molecule has 11 heteroatoms. The molecule has 1 aromatic carbocycles. The van der Waals surface area contributed by atoms with Crippen LogP contribution < -0.4 is 15.4 Å². The maximum atomic E-state index is 12.5. The van der Waals surface area contributed by atoms with E-state index in [0.717, 1.165) is 37.3 Å². The third-order valence-corrected chi connectivity index (χ3v) is 4.88. The summed E-state index contributed by atoms with van der Waals surface area (Å²) >= 11 is 5.36. The summed E-state index contributed by atoms with van der Waals surface area (Å²) in [4.78, 5) is 15.4. The highest BCUT2D eigenvalue weighted by Crippen LogP contribution is 2.25. The molecule has 1 fully saturated rings. The van der Waals surface area contributed by atoms with Gasteiger partial charge in [0.15, 0.2) is 0 Å². The first kappa shape index (κ1) is 23.7. The van der Waals surface area contributed by atoms with Crippen LogP contribution in [0.25, 0.3) is 0 Å². The number of ether oxygens (including phenoxy) is 1. The number of likely N-dealkylation sites (tertiary alicyclic amines) is 1. The minimum atomic E-state index is -4.77. The van der Waals surface area contributed by atoms with Crippen molar-refractivity contribution < 1.29 is 17.9 Å². The molecule has 1 saturated heterocycles. The molecule has 1 aromatic heterocycles. The predicted octanol–water partition coefficient (Wildman–Crippen LogP) is 4.89. The van der Waals surface area contributed by atoms with E-state index in [9.17, 15) is 13.2 Å². The van der Waals surface area contributed by atoms with E-state index in [-0.39, 0.29) is 10.9 Å². The smallest absolute Gasteiger partial charge is 0.406 e. The van der Waals surface area contributed by atoms with Crippen LogP contribution in [0, 0.1) is 19.8 Å². The zero-order chi connectivity index (χ0) is 23.3. The third-order valence-electron chi connectivity index (χ3n) is 4.69. The van der Waals surface area contributed by atoms with Crippen molar-refractivity contribution >= 4 is 34.9 Å². The molecule has 1 atom stereocenters. The molecule has 0 aliphatic carbocycles. The molecule has 0 spiro atoms. The number of benzene rings is 1. The van der Waals surface area contributed by atoms with E-state index >= 15 is 0 Å². The quantitative estimate of drug-likeness (QED) is 0.379. The van der Waals surface area contributed by atoms with Crippen LogP contribution in [-0.2, 0) is 0 Å². The third kappa shape index (κ3) is 7.33. The normalized spacial score (nSPS) is 17.1. The number of rotatable bonds is 3. The first-order chi connectivity index (χ1) is 15.1. The zero-order valence-electron chi connectivity index (χ0n) is 18.0. The number of aromatic nitrogens is 2. The predicted molar refractivity (Wildman–Crippen MR) is 122 cm³/mol. The van der Waals surface area contributed by atoms with Crippen molar-refractivity contribution in [1.29, 1.82) is 0 Å². The van der Waals surface area contributed by atoms with E-state index in [1.165, 1.54) is 18.2 Å². The number of aryl methyl sites for hydroxylation is 2. The minimum Gasteiger partial charge on any atom is -0.406 e. The fourth-order valence-electron chi connectivity index (χ4n) is 3.46. The Labute approximate surface area is 190 Å². The van der Waals surface area contributed by atoms with Gasteiger partial charge in [0.1, 0.15) is 5.75 Å². The van der Waals surface area contributed by atoms with Gasteiger partial charge in [-0.15, -0.1) is 13.2 Å². The zero-order valence-corrected chi connectivity index (χ0v) is 18.8. The number of piperidine rings is 1. The maximum absolute atomic E-state index is 12.5. The molecule has 1 aliphatic heterocycles. The molecule has 0 saturated carbocycles. The Kier molecular flexibility index (Phi) is 7.49. The number of alkyl halides is 3. The Balaban J connectivity index is 1.81. The number of aliphatic imine (C=N–C) groups is 1. The number of hydrogen-bond donors (Lipinski definition) is 2. The van der Waals surface area contributed by atoms with Crippen LogP contribution in [0.2, 0.25) is 0 Å². The van der Waals surface area contributed by atoms with E-state index in [1.807, 2.05) is 19.9 Å². The number of nitrogens with zero attached hydrogens (tertiary/aromatic N) is 4. The number of hydrogen-bond acceptors (Lipinski definition) is 4. The van der Waals surface area contributed by atoms with Gasteiger partial charge in [0.25, 0.3) is 0 Å². The van der Waals surface area contributed by atoms with Crippen molar-refractivity contribution in [2.45, 2.75) is 40.0 Å². The fourth-order valence-corrected chi connectivity index (χ4v) is 3.66. The van der Waals surface area contributed by atoms with Gasteiger partial charge in [-0.3, -0.25) is 5.32 Å². The van der Waals surface area contributed by atoms with Crippen molar-refractivity contribution in [1.82, 2.24) is 14.9 Å². The van der Waals surface area contributed by atoms with E-state index in [4.69, 9.17) is 12.2 Å². The number of thiocarbonyl (C=S) groups is 1. The largest absolute Gasteiger partial charge is 0.573 e. The molecular weight excluding hydrogens is 441 g/mol. The first-order valence-electron chi connectivity index (χ1n) is 10.2. The van der Waals surface area contributed by atoms with Crippen LogP contribution in [0.15, 0.2) is 35.3 Å². The SMILES string of the molecule is Cc1cc(C)nc(N/C(=N/C(=S)Nc2cccc(OC(F)(F)F)c2)N2CCCC(C)C2)n1. The van der Waals surface area contributed by atoms with Crippen molar-refractivity contribution in [3.05, 3.63) is 41.7 Å². The lowest BCUT2D eigenvalue weighted by Gasteiger charge is -2.33. The Morgan fingerprint density at radius 1 is 1.19 bits per heavy atom. The van der Waals surface area contributed by atoms with Gasteiger partial charge in [-0.05, 0) is 63.0 Å². The second-order valence-electron chi connectivity index (χ2n) is 7.73. The molecule has 0 amide bonds. The highest BCUT2D eigenvalue weighted by atomic mass is 32.1. The van der Waals surface area contributed by atoms with Gasteiger partial charge in [0, 0.05) is 36.2 Å². The van der Waals surface area contributed by atoms with Crippen molar-refractivity contribution in [2.24, 2.45) is 10.9 Å². The number of nitrogens with one attached hydrogen (secondary N) is 2. The molecule has 0 bridgehead atoms. The van der Waals surface area contributed by atoms with E-state index in [0.29, 0.717) is 23.5 Å². The lowest BCUT2D eigenvalue weighted by molar-refractivity contribution is -0.274. The summed E-state index contributed by atoms with van der Waals surface area (Å²) in [5.74, 6) is 1.03. The van der Waals surface area contributed by atoms with E-state index in [1.54, 1.807) is 6.07 Å². The molecule has 7 nitrogen and oxygen atoms in total. The second-order valence-corrected chi connectivity index (χ2v) is 8.12. The highest BCUT2D eigenvalue weighted by Gasteiger charge is 2.31. The molecule has 2 aromatic rings. The molecule has 2 N–H and O–H groups in total.